The largest absolute Gasteiger partial charge is 0.393 e. The van der Waals surface area contributed by atoms with Crippen LogP contribution in [0.3, 0.4) is 0 Å². The Morgan fingerprint density at radius 2 is 1.82 bits per heavy atom. The molecule has 0 aliphatic carbocycles. The molecule has 3 aromatic heterocycles. The number of pyridine rings is 3. The Morgan fingerprint density at radius 1 is 0.955 bits per heavy atom. The number of nitrogens with zero attached hydrogens (tertiary/aromatic N) is 3. The summed E-state index contributed by atoms with van der Waals surface area (Å²) < 4.78 is 0. The van der Waals surface area contributed by atoms with Gasteiger partial charge >= 0.3 is 0 Å². The zero-order valence-electron chi connectivity index (χ0n) is 12.3. The molecule has 0 bridgehead atoms. The van der Waals surface area contributed by atoms with E-state index in [1.54, 1.807) is 25.5 Å². The van der Waals surface area contributed by atoms with E-state index in [1.165, 1.54) is 0 Å². The van der Waals surface area contributed by atoms with Gasteiger partial charge in [0.2, 0.25) is 0 Å². The fourth-order valence-corrected chi connectivity index (χ4v) is 2.38. The third kappa shape index (κ3) is 3.18. The summed E-state index contributed by atoms with van der Waals surface area (Å²) in [6.45, 7) is 1.76. The highest BCUT2D eigenvalue weighted by molar-refractivity contribution is 5.79. The quantitative estimate of drug-likeness (QED) is 0.802. The highest BCUT2D eigenvalue weighted by Crippen LogP contribution is 2.29. The molecule has 0 amide bonds. The molecule has 0 spiro atoms. The Labute approximate surface area is 129 Å². The fraction of sp³-hybridized carbons (Fsp3) is 0.167. The van der Waals surface area contributed by atoms with Crippen molar-refractivity contribution in [1.29, 1.82) is 0 Å². The molecule has 0 fully saturated rings. The second-order valence-corrected chi connectivity index (χ2v) is 5.23. The standard InChI is InChI=1S/C18H17N3O/c1-13(22)10-16-7-6-14(12-21-16)17-5-3-9-20-18(17)15-4-2-8-19-11-15/h2-9,11-13,22H,10H2,1H3. The normalized spacial score (nSPS) is 12.1. The van der Waals surface area contributed by atoms with Gasteiger partial charge in [0, 0.05) is 53.6 Å². The van der Waals surface area contributed by atoms with E-state index in [1.807, 2.05) is 42.6 Å². The van der Waals surface area contributed by atoms with Gasteiger partial charge in [-0.05, 0) is 31.2 Å². The molecule has 0 saturated heterocycles. The maximum atomic E-state index is 9.43. The van der Waals surface area contributed by atoms with Crippen LogP contribution in [0.25, 0.3) is 22.4 Å². The van der Waals surface area contributed by atoms with Gasteiger partial charge in [0.25, 0.3) is 0 Å². The molecule has 0 saturated carbocycles. The molecule has 1 atom stereocenters. The summed E-state index contributed by atoms with van der Waals surface area (Å²) >= 11 is 0. The van der Waals surface area contributed by atoms with Crippen molar-refractivity contribution in [1.82, 2.24) is 15.0 Å². The van der Waals surface area contributed by atoms with Gasteiger partial charge in [-0.1, -0.05) is 12.1 Å². The van der Waals surface area contributed by atoms with Crippen LogP contribution in [-0.2, 0) is 6.42 Å². The molecule has 3 heterocycles. The Kier molecular flexibility index (Phi) is 4.21. The van der Waals surface area contributed by atoms with E-state index in [0.29, 0.717) is 6.42 Å². The van der Waals surface area contributed by atoms with Crippen LogP contribution in [0.4, 0.5) is 0 Å². The molecule has 22 heavy (non-hydrogen) atoms. The maximum Gasteiger partial charge on any atom is 0.0796 e. The summed E-state index contributed by atoms with van der Waals surface area (Å²) in [4.78, 5) is 13.1. The Bertz CT molecular complexity index is 740. The van der Waals surface area contributed by atoms with Crippen LogP contribution in [0.15, 0.2) is 61.2 Å². The van der Waals surface area contributed by atoms with Gasteiger partial charge in [-0.25, -0.2) is 0 Å². The highest BCUT2D eigenvalue weighted by atomic mass is 16.3. The number of hydrogen-bond donors (Lipinski definition) is 1. The first-order valence-corrected chi connectivity index (χ1v) is 7.23. The van der Waals surface area contributed by atoms with Crippen LogP contribution in [0, 0.1) is 0 Å². The van der Waals surface area contributed by atoms with Crippen molar-refractivity contribution in [2.24, 2.45) is 0 Å². The molecular formula is C18H17N3O. The molecule has 0 aliphatic rings. The lowest BCUT2D eigenvalue weighted by atomic mass is 10.0. The molecule has 4 heteroatoms. The summed E-state index contributed by atoms with van der Waals surface area (Å²) in [7, 11) is 0. The van der Waals surface area contributed by atoms with Crippen LogP contribution in [-0.4, -0.2) is 26.2 Å². The van der Waals surface area contributed by atoms with Crippen molar-refractivity contribution in [3.63, 3.8) is 0 Å². The molecule has 3 rings (SSSR count). The lowest BCUT2D eigenvalue weighted by Gasteiger charge is -2.09. The summed E-state index contributed by atoms with van der Waals surface area (Å²) in [5.74, 6) is 0. The van der Waals surface area contributed by atoms with E-state index in [9.17, 15) is 5.11 Å². The zero-order valence-corrected chi connectivity index (χ0v) is 12.3. The van der Waals surface area contributed by atoms with Gasteiger partial charge in [-0.2, -0.15) is 0 Å². The van der Waals surface area contributed by atoms with Crippen molar-refractivity contribution in [2.75, 3.05) is 0 Å². The number of hydrogen-bond acceptors (Lipinski definition) is 4. The minimum atomic E-state index is -0.386. The van der Waals surface area contributed by atoms with Gasteiger partial charge in [-0.3, -0.25) is 15.0 Å². The predicted octanol–water partition coefficient (Wildman–Crippen LogP) is 3.13. The first-order chi connectivity index (χ1) is 10.7. The Balaban J connectivity index is 1.99. The minimum absolute atomic E-state index is 0.386. The van der Waals surface area contributed by atoms with E-state index in [-0.39, 0.29) is 6.10 Å². The molecule has 0 radical (unpaired) electrons. The average molecular weight is 291 g/mol. The van der Waals surface area contributed by atoms with Crippen LogP contribution < -0.4 is 0 Å². The summed E-state index contributed by atoms with van der Waals surface area (Å²) in [5, 5.41) is 9.43. The smallest absolute Gasteiger partial charge is 0.0796 e. The predicted molar refractivity (Wildman–Crippen MR) is 86.1 cm³/mol. The molecule has 0 aliphatic heterocycles. The minimum Gasteiger partial charge on any atom is -0.393 e. The van der Waals surface area contributed by atoms with Crippen LogP contribution in [0.5, 0.6) is 0 Å². The maximum absolute atomic E-state index is 9.43. The molecule has 110 valence electrons. The number of rotatable bonds is 4. The monoisotopic (exact) mass is 291 g/mol. The van der Waals surface area contributed by atoms with Crippen molar-refractivity contribution in [2.45, 2.75) is 19.4 Å². The third-order valence-electron chi connectivity index (χ3n) is 3.38. The molecular weight excluding hydrogens is 274 g/mol. The number of aliphatic hydroxyl groups excluding tert-OH is 1. The van der Waals surface area contributed by atoms with Crippen LogP contribution >= 0.6 is 0 Å². The van der Waals surface area contributed by atoms with Crippen molar-refractivity contribution < 1.29 is 5.11 Å². The average Bonchev–Trinajstić information content (AvgIpc) is 2.56. The van der Waals surface area contributed by atoms with E-state index < -0.39 is 0 Å². The van der Waals surface area contributed by atoms with E-state index in [4.69, 9.17) is 0 Å². The molecule has 3 aromatic rings. The van der Waals surface area contributed by atoms with Crippen molar-refractivity contribution in [3.05, 3.63) is 66.9 Å². The SMILES string of the molecule is CC(O)Cc1ccc(-c2cccnc2-c2cccnc2)cn1. The summed E-state index contributed by atoms with van der Waals surface area (Å²) in [6, 6.07) is 11.8. The number of aromatic nitrogens is 3. The first kappa shape index (κ1) is 14.4. The van der Waals surface area contributed by atoms with Gasteiger partial charge in [-0.15, -0.1) is 0 Å². The van der Waals surface area contributed by atoms with Crippen molar-refractivity contribution >= 4 is 0 Å². The van der Waals surface area contributed by atoms with Gasteiger partial charge in [0.05, 0.1) is 11.8 Å². The second-order valence-electron chi connectivity index (χ2n) is 5.23. The van der Waals surface area contributed by atoms with E-state index >= 15 is 0 Å². The fourth-order valence-electron chi connectivity index (χ4n) is 2.38. The highest BCUT2D eigenvalue weighted by Gasteiger charge is 2.09. The Morgan fingerprint density at radius 3 is 2.50 bits per heavy atom. The second kappa shape index (κ2) is 6.45. The first-order valence-electron chi connectivity index (χ1n) is 7.23. The summed E-state index contributed by atoms with van der Waals surface area (Å²) in [6.07, 6.45) is 7.33. The van der Waals surface area contributed by atoms with Gasteiger partial charge in [0.1, 0.15) is 0 Å². The molecule has 4 nitrogen and oxygen atoms in total. The lowest BCUT2D eigenvalue weighted by Crippen LogP contribution is -2.05. The van der Waals surface area contributed by atoms with Crippen LogP contribution in [0.1, 0.15) is 12.6 Å². The topological polar surface area (TPSA) is 58.9 Å². The van der Waals surface area contributed by atoms with E-state index in [0.717, 1.165) is 28.1 Å². The zero-order chi connectivity index (χ0) is 15.4. The van der Waals surface area contributed by atoms with Crippen LogP contribution in [0.2, 0.25) is 0 Å². The lowest BCUT2D eigenvalue weighted by molar-refractivity contribution is 0.194. The number of aliphatic hydroxyl groups is 1. The van der Waals surface area contributed by atoms with Gasteiger partial charge in [0.15, 0.2) is 0 Å². The molecule has 0 aromatic carbocycles. The van der Waals surface area contributed by atoms with E-state index in [2.05, 4.69) is 15.0 Å². The van der Waals surface area contributed by atoms with Crippen molar-refractivity contribution in [3.8, 4) is 22.4 Å². The summed E-state index contributed by atoms with van der Waals surface area (Å²) in [5.41, 5.74) is 4.77. The molecule has 1 N–H and O–H groups in total. The third-order valence-corrected chi connectivity index (χ3v) is 3.38. The van der Waals surface area contributed by atoms with Gasteiger partial charge < -0.3 is 5.11 Å². The molecule has 1 unspecified atom stereocenters. The Hall–Kier alpha value is -2.59.